The van der Waals surface area contributed by atoms with Gasteiger partial charge < -0.3 is 10.2 Å². The molecule has 0 radical (unpaired) electrons. The zero-order chi connectivity index (χ0) is 14.8. The number of benzene rings is 1. The molecule has 0 unspecified atom stereocenters. The average Bonchev–Trinajstić information content (AvgIpc) is 2.96. The van der Waals surface area contributed by atoms with Gasteiger partial charge in [-0.05, 0) is 25.1 Å². The van der Waals surface area contributed by atoms with Gasteiger partial charge in [0.1, 0.15) is 0 Å². The van der Waals surface area contributed by atoms with Crippen molar-refractivity contribution in [3.63, 3.8) is 0 Å². The highest BCUT2D eigenvalue weighted by Crippen LogP contribution is 2.16. The van der Waals surface area contributed by atoms with E-state index in [-0.39, 0.29) is 5.91 Å². The Hall–Kier alpha value is -1.66. The van der Waals surface area contributed by atoms with E-state index in [2.05, 4.69) is 33.3 Å². The maximum absolute atomic E-state index is 12.5. The molecule has 1 aliphatic rings. The number of nitrogens with zero attached hydrogens (tertiary/aromatic N) is 3. The van der Waals surface area contributed by atoms with Crippen molar-refractivity contribution in [1.82, 2.24) is 20.0 Å². The Bertz CT molecular complexity index is 655. The normalized spacial score (nSPS) is 18.8. The molecule has 21 heavy (non-hydrogen) atoms. The second kappa shape index (κ2) is 5.99. The third-order valence-corrected chi connectivity index (χ3v) is 4.05. The van der Waals surface area contributed by atoms with Crippen molar-refractivity contribution >= 4 is 21.8 Å². The number of carbonyl (C=O) groups excluding carboxylic acids is 1. The van der Waals surface area contributed by atoms with Gasteiger partial charge in [0.05, 0.1) is 17.4 Å². The Balaban J connectivity index is 1.80. The molecule has 0 aliphatic carbocycles. The van der Waals surface area contributed by atoms with Gasteiger partial charge in [-0.1, -0.05) is 22.0 Å². The van der Waals surface area contributed by atoms with E-state index in [1.807, 2.05) is 29.2 Å². The number of carbonyl (C=O) groups is 1. The van der Waals surface area contributed by atoms with E-state index < -0.39 is 0 Å². The first-order valence-electron chi connectivity index (χ1n) is 6.97. The third-order valence-electron chi connectivity index (χ3n) is 3.56. The van der Waals surface area contributed by atoms with Gasteiger partial charge in [0.2, 0.25) is 0 Å². The lowest BCUT2D eigenvalue weighted by Crippen LogP contribution is -2.51. The Morgan fingerprint density at radius 1 is 1.48 bits per heavy atom. The molecule has 1 fully saturated rings. The summed E-state index contributed by atoms with van der Waals surface area (Å²) >= 11 is 3.44. The predicted octanol–water partition coefficient (Wildman–Crippen LogP) is 2.07. The number of amides is 1. The van der Waals surface area contributed by atoms with Crippen LogP contribution in [0.3, 0.4) is 0 Å². The van der Waals surface area contributed by atoms with Gasteiger partial charge in [-0.25, -0.2) is 4.68 Å². The summed E-state index contributed by atoms with van der Waals surface area (Å²) in [6, 6.07) is 8.16. The Kier molecular flexibility index (Phi) is 4.07. The number of piperazine rings is 1. The van der Waals surface area contributed by atoms with Crippen molar-refractivity contribution in [2.75, 3.05) is 19.6 Å². The van der Waals surface area contributed by atoms with E-state index in [1.165, 1.54) is 0 Å². The zero-order valence-electron chi connectivity index (χ0n) is 11.8. The second-order valence-corrected chi connectivity index (χ2v) is 6.18. The highest BCUT2D eigenvalue weighted by molar-refractivity contribution is 9.10. The molecule has 3 rings (SSSR count). The monoisotopic (exact) mass is 348 g/mol. The van der Waals surface area contributed by atoms with E-state index in [9.17, 15) is 4.79 Å². The smallest absolute Gasteiger partial charge is 0.257 e. The zero-order valence-corrected chi connectivity index (χ0v) is 13.4. The molecule has 1 aliphatic heterocycles. The first-order valence-corrected chi connectivity index (χ1v) is 7.76. The van der Waals surface area contributed by atoms with Crippen LogP contribution in [0.25, 0.3) is 5.69 Å². The standard InChI is InChI=1S/C15H17BrN4O/c1-11-9-19(6-5-17-11)15(21)12-8-18-20(10-12)14-4-2-3-13(16)7-14/h2-4,7-8,10-11,17H,5-6,9H2,1H3/t11-/m0/s1. The molecular formula is C15H17BrN4O. The molecule has 1 aromatic heterocycles. The molecule has 2 aromatic rings. The summed E-state index contributed by atoms with van der Waals surface area (Å²) in [5, 5.41) is 7.63. The molecule has 1 amide bonds. The molecule has 5 nitrogen and oxygen atoms in total. The Morgan fingerprint density at radius 2 is 2.33 bits per heavy atom. The molecule has 0 spiro atoms. The third kappa shape index (κ3) is 3.16. The van der Waals surface area contributed by atoms with Crippen LogP contribution in [-0.2, 0) is 0 Å². The molecule has 0 saturated carbocycles. The summed E-state index contributed by atoms with van der Waals surface area (Å²) in [6.45, 7) is 4.41. The van der Waals surface area contributed by atoms with Gasteiger partial charge in [-0.15, -0.1) is 0 Å². The first-order chi connectivity index (χ1) is 10.1. The highest BCUT2D eigenvalue weighted by atomic mass is 79.9. The van der Waals surface area contributed by atoms with Crippen LogP contribution < -0.4 is 5.32 Å². The number of rotatable bonds is 2. The molecule has 1 atom stereocenters. The minimum Gasteiger partial charge on any atom is -0.336 e. The van der Waals surface area contributed by atoms with Gasteiger partial charge in [-0.2, -0.15) is 5.10 Å². The number of hydrogen-bond acceptors (Lipinski definition) is 3. The lowest BCUT2D eigenvalue weighted by atomic mass is 10.2. The molecule has 110 valence electrons. The van der Waals surface area contributed by atoms with Crippen LogP contribution in [0, 0.1) is 0 Å². The molecule has 2 heterocycles. The molecular weight excluding hydrogens is 332 g/mol. The van der Waals surface area contributed by atoms with Gasteiger partial charge >= 0.3 is 0 Å². The molecule has 6 heteroatoms. The van der Waals surface area contributed by atoms with Crippen molar-refractivity contribution < 1.29 is 4.79 Å². The lowest BCUT2D eigenvalue weighted by Gasteiger charge is -2.31. The summed E-state index contributed by atoms with van der Waals surface area (Å²) in [5.74, 6) is 0.0459. The van der Waals surface area contributed by atoms with Crippen molar-refractivity contribution in [1.29, 1.82) is 0 Å². The number of hydrogen-bond donors (Lipinski definition) is 1. The lowest BCUT2D eigenvalue weighted by molar-refractivity contribution is 0.0709. The summed E-state index contributed by atoms with van der Waals surface area (Å²) in [7, 11) is 0. The van der Waals surface area contributed by atoms with E-state index in [4.69, 9.17) is 0 Å². The predicted molar refractivity (Wildman–Crippen MR) is 84.6 cm³/mol. The molecule has 1 N–H and O–H groups in total. The van der Waals surface area contributed by atoms with E-state index in [0.717, 1.165) is 29.8 Å². The minimum absolute atomic E-state index is 0.0459. The fraction of sp³-hybridized carbons (Fsp3) is 0.333. The highest BCUT2D eigenvalue weighted by Gasteiger charge is 2.22. The van der Waals surface area contributed by atoms with E-state index in [0.29, 0.717) is 11.6 Å². The fourth-order valence-electron chi connectivity index (χ4n) is 2.49. The minimum atomic E-state index is 0.0459. The van der Waals surface area contributed by atoms with Crippen LogP contribution in [0.5, 0.6) is 0 Å². The topological polar surface area (TPSA) is 50.2 Å². The summed E-state index contributed by atoms with van der Waals surface area (Å²) < 4.78 is 2.71. The average molecular weight is 349 g/mol. The van der Waals surface area contributed by atoms with E-state index in [1.54, 1.807) is 17.1 Å². The van der Waals surface area contributed by atoms with Crippen LogP contribution >= 0.6 is 15.9 Å². The summed E-state index contributed by atoms with van der Waals surface area (Å²) in [5.41, 5.74) is 1.56. The first kappa shape index (κ1) is 14.3. The van der Waals surface area contributed by atoms with Gasteiger partial charge in [0, 0.05) is 36.3 Å². The van der Waals surface area contributed by atoms with Crippen LogP contribution in [0.4, 0.5) is 0 Å². The maximum Gasteiger partial charge on any atom is 0.257 e. The summed E-state index contributed by atoms with van der Waals surface area (Å²) in [4.78, 5) is 14.4. The van der Waals surface area contributed by atoms with Crippen molar-refractivity contribution in [2.45, 2.75) is 13.0 Å². The van der Waals surface area contributed by atoms with Gasteiger partial charge in [0.15, 0.2) is 0 Å². The van der Waals surface area contributed by atoms with Crippen LogP contribution in [-0.4, -0.2) is 46.3 Å². The molecule has 0 bridgehead atoms. The maximum atomic E-state index is 12.5. The van der Waals surface area contributed by atoms with Gasteiger partial charge in [-0.3, -0.25) is 4.79 Å². The van der Waals surface area contributed by atoms with Crippen LogP contribution in [0.15, 0.2) is 41.1 Å². The van der Waals surface area contributed by atoms with Crippen molar-refractivity contribution in [2.24, 2.45) is 0 Å². The summed E-state index contributed by atoms with van der Waals surface area (Å²) in [6.07, 6.45) is 3.42. The van der Waals surface area contributed by atoms with Crippen molar-refractivity contribution in [3.8, 4) is 5.69 Å². The largest absolute Gasteiger partial charge is 0.336 e. The van der Waals surface area contributed by atoms with E-state index >= 15 is 0 Å². The Labute approximate surface area is 132 Å². The van der Waals surface area contributed by atoms with Gasteiger partial charge in [0.25, 0.3) is 5.91 Å². The SMILES string of the molecule is C[C@H]1CN(C(=O)c2cnn(-c3cccc(Br)c3)c2)CCN1. The van der Waals surface area contributed by atoms with Crippen LogP contribution in [0.1, 0.15) is 17.3 Å². The number of aromatic nitrogens is 2. The Morgan fingerprint density at radius 3 is 3.10 bits per heavy atom. The molecule has 1 saturated heterocycles. The fourth-order valence-corrected chi connectivity index (χ4v) is 2.88. The quantitative estimate of drug-likeness (QED) is 0.903. The molecule has 1 aromatic carbocycles. The number of halogens is 1. The van der Waals surface area contributed by atoms with Crippen molar-refractivity contribution in [3.05, 3.63) is 46.7 Å². The second-order valence-electron chi connectivity index (χ2n) is 5.26. The van der Waals surface area contributed by atoms with Crippen LogP contribution in [0.2, 0.25) is 0 Å². The number of nitrogens with one attached hydrogen (secondary N) is 1.